The highest BCUT2D eigenvalue weighted by Gasteiger charge is 2.79. The first-order valence-electron chi connectivity index (χ1n) is 12.7. The zero-order chi connectivity index (χ0) is 26.8. The molecule has 3 nitrogen and oxygen atoms in total. The molecule has 2 saturated carbocycles. The molecule has 198 valence electrons. The van der Waals surface area contributed by atoms with Crippen molar-refractivity contribution in [1.82, 2.24) is 0 Å². The number of carbonyl (C=O) groups excluding carboxylic acids is 1. The van der Waals surface area contributed by atoms with E-state index in [4.69, 9.17) is 5.11 Å². The molecule has 4 aliphatic rings. The Morgan fingerprint density at radius 1 is 1.05 bits per heavy atom. The Hall–Kier alpha value is -2.50. The number of carbonyl (C=O) groups is 1. The molecular formula is C29H29F5O3. The molecule has 0 aliphatic heterocycles. The SMILES string of the molecule is C[C@]12C[C@H](c3ccc(C#CCO)cc3)C3=C4CCC(=O)C=C4CC[C@H]3[C@@H]1CC[C@@]2(O)C(F)(F)C(F)(F)F. The van der Waals surface area contributed by atoms with Crippen LogP contribution in [0, 0.1) is 29.1 Å². The third-order valence-electron chi connectivity index (χ3n) is 9.39. The first-order chi connectivity index (χ1) is 17.3. The lowest BCUT2D eigenvalue weighted by Crippen LogP contribution is -2.65. The molecule has 2 N–H and O–H groups in total. The van der Waals surface area contributed by atoms with Crippen LogP contribution in [0.3, 0.4) is 0 Å². The van der Waals surface area contributed by atoms with Gasteiger partial charge in [-0.15, -0.1) is 0 Å². The van der Waals surface area contributed by atoms with Gasteiger partial charge < -0.3 is 10.2 Å². The number of allylic oxidation sites excluding steroid dienone is 4. The summed E-state index contributed by atoms with van der Waals surface area (Å²) in [6.45, 7) is 1.11. The number of rotatable bonds is 2. The average Bonchev–Trinajstić information content (AvgIpc) is 3.13. The van der Waals surface area contributed by atoms with Gasteiger partial charge in [0.05, 0.1) is 0 Å². The Balaban J connectivity index is 1.67. The van der Waals surface area contributed by atoms with Gasteiger partial charge in [0.2, 0.25) is 0 Å². The minimum absolute atomic E-state index is 0.0434. The molecule has 5 atom stereocenters. The summed E-state index contributed by atoms with van der Waals surface area (Å²) < 4.78 is 70.9. The number of hydrogen-bond donors (Lipinski definition) is 2. The van der Waals surface area contributed by atoms with Crippen LogP contribution in [-0.4, -0.2) is 40.3 Å². The lowest BCUT2D eigenvalue weighted by molar-refractivity contribution is -0.362. The summed E-state index contributed by atoms with van der Waals surface area (Å²) in [6.07, 6.45) is -2.83. The predicted molar refractivity (Wildman–Crippen MR) is 127 cm³/mol. The molecule has 1 aromatic rings. The average molecular weight is 521 g/mol. The number of aliphatic hydroxyl groups is 2. The molecule has 0 bridgehead atoms. The van der Waals surface area contributed by atoms with E-state index in [9.17, 15) is 23.1 Å². The van der Waals surface area contributed by atoms with Crippen LogP contribution in [0.25, 0.3) is 0 Å². The van der Waals surface area contributed by atoms with Gasteiger partial charge in [-0.25, -0.2) is 0 Å². The topological polar surface area (TPSA) is 57.5 Å². The minimum atomic E-state index is -5.87. The number of halogens is 5. The smallest absolute Gasteiger partial charge is 0.384 e. The van der Waals surface area contributed by atoms with Gasteiger partial charge in [-0.05, 0) is 85.3 Å². The molecule has 0 heterocycles. The zero-order valence-electron chi connectivity index (χ0n) is 20.5. The Bertz CT molecular complexity index is 1230. The molecule has 4 aliphatic carbocycles. The van der Waals surface area contributed by atoms with Gasteiger partial charge in [-0.3, -0.25) is 4.79 Å². The second-order valence-corrected chi connectivity index (χ2v) is 11.0. The number of benzene rings is 1. The van der Waals surface area contributed by atoms with Gasteiger partial charge in [0, 0.05) is 23.3 Å². The van der Waals surface area contributed by atoms with Crippen LogP contribution in [0.4, 0.5) is 22.0 Å². The van der Waals surface area contributed by atoms with Crippen molar-refractivity contribution in [2.45, 2.75) is 75.5 Å². The lowest BCUT2D eigenvalue weighted by atomic mass is 9.50. The Labute approximate surface area is 212 Å². The van der Waals surface area contributed by atoms with E-state index in [1.807, 2.05) is 0 Å². The fraction of sp³-hybridized carbons (Fsp3) is 0.552. The van der Waals surface area contributed by atoms with E-state index in [1.54, 1.807) is 30.3 Å². The predicted octanol–water partition coefficient (Wildman–Crippen LogP) is 5.86. The summed E-state index contributed by atoms with van der Waals surface area (Å²) in [4.78, 5) is 12.1. The second kappa shape index (κ2) is 8.78. The van der Waals surface area contributed by atoms with Gasteiger partial charge >= 0.3 is 12.1 Å². The lowest BCUT2D eigenvalue weighted by Gasteiger charge is -2.56. The Kier molecular flexibility index (Phi) is 6.20. The molecule has 1 aromatic carbocycles. The fourth-order valence-corrected chi connectivity index (χ4v) is 7.65. The van der Waals surface area contributed by atoms with Crippen molar-refractivity contribution in [3.63, 3.8) is 0 Å². The summed E-state index contributed by atoms with van der Waals surface area (Å²) in [5.41, 5.74) is -0.499. The summed E-state index contributed by atoms with van der Waals surface area (Å²) in [7, 11) is 0. The summed E-state index contributed by atoms with van der Waals surface area (Å²) in [6, 6.07) is 7.06. The van der Waals surface area contributed by atoms with Crippen molar-refractivity contribution in [1.29, 1.82) is 0 Å². The molecule has 0 amide bonds. The third kappa shape index (κ3) is 3.80. The number of alkyl halides is 5. The van der Waals surface area contributed by atoms with Crippen LogP contribution in [0.15, 0.2) is 47.1 Å². The highest BCUT2D eigenvalue weighted by Crippen LogP contribution is 2.70. The van der Waals surface area contributed by atoms with Gasteiger partial charge in [-0.2, -0.15) is 22.0 Å². The van der Waals surface area contributed by atoms with Crippen molar-refractivity contribution in [2.75, 3.05) is 6.61 Å². The van der Waals surface area contributed by atoms with E-state index in [0.29, 0.717) is 31.2 Å². The maximum atomic E-state index is 15.0. The summed E-state index contributed by atoms with van der Waals surface area (Å²) >= 11 is 0. The molecule has 0 spiro atoms. The standard InChI is InChI=1S/C29H29F5O3/c1-26-16-23(18-6-4-17(5-7-18)3-2-14-35)25-21-11-9-20(36)15-19(21)8-10-22(25)24(26)12-13-27(26,37)28(30,31)29(32,33)34/h4-7,15,22-24,35,37H,8-14,16H2,1H3/t22-,23+,24-,26-,27-/m0/s1. The monoisotopic (exact) mass is 520 g/mol. The molecule has 37 heavy (non-hydrogen) atoms. The Morgan fingerprint density at radius 3 is 2.41 bits per heavy atom. The van der Waals surface area contributed by atoms with Crippen LogP contribution in [0.2, 0.25) is 0 Å². The molecule has 0 unspecified atom stereocenters. The van der Waals surface area contributed by atoms with Gasteiger partial charge in [0.15, 0.2) is 5.78 Å². The largest absolute Gasteiger partial charge is 0.456 e. The summed E-state index contributed by atoms with van der Waals surface area (Å²) in [5.74, 6) is -1.11. The van der Waals surface area contributed by atoms with Crippen molar-refractivity contribution in [3.05, 3.63) is 58.2 Å². The maximum Gasteiger partial charge on any atom is 0.456 e. The number of fused-ring (bicyclic) bond motifs is 4. The summed E-state index contributed by atoms with van der Waals surface area (Å²) in [5, 5.41) is 20.2. The molecule has 0 saturated heterocycles. The first kappa shape index (κ1) is 26.1. The number of aliphatic hydroxyl groups excluding tert-OH is 1. The van der Waals surface area contributed by atoms with E-state index in [-0.39, 0.29) is 31.1 Å². The van der Waals surface area contributed by atoms with Crippen LogP contribution < -0.4 is 0 Å². The molecule has 8 heteroatoms. The van der Waals surface area contributed by atoms with Crippen molar-refractivity contribution in [3.8, 4) is 11.8 Å². The van der Waals surface area contributed by atoms with Crippen LogP contribution in [-0.2, 0) is 4.79 Å². The highest BCUT2D eigenvalue weighted by molar-refractivity contribution is 5.93. The van der Waals surface area contributed by atoms with E-state index in [2.05, 4.69) is 11.8 Å². The fourth-order valence-electron chi connectivity index (χ4n) is 7.65. The van der Waals surface area contributed by atoms with Crippen molar-refractivity contribution >= 4 is 5.78 Å². The Morgan fingerprint density at radius 2 is 1.76 bits per heavy atom. The normalized spacial score (nSPS) is 33.7. The number of ketones is 1. The molecule has 5 rings (SSSR count). The van der Waals surface area contributed by atoms with Crippen LogP contribution >= 0.6 is 0 Å². The van der Waals surface area contributed by atoms with Crippen LogP contribution in [0.5, 0.6) is 0 Å². The first-order valence-corrected chi connectivity index (χ1v) is 12.7. The van der Waals surface area contributed by atoms with Crippen LogP contribution in [0.1, 0.15) is 68.9 Å². The van der Waals surface area contributed by atoms with E-state index >= 15 is 8.78 Å². The van der Waals surface area contributed by atoms with Gasteiger partial charge in [0.25, 0.3) is 0 Å². The molecular weight excluding hydrogens is 491 g/mol. The molecule has 2 fully saturated rings. The third-order valence-corrected chi connectivity index (χ3v) is 9.39. The molecule has 0 aromatic heterocycles. The van der Waals surface area contributed by atoms with Gasteiger partial charge in [0.1, 0.15) is 12.2 Å². The highest BCUT2D eigenvalue weighted by atomic mass is 19.4. The maximum absolute atomic E-state index is 15.0. The van der Waals surface area contributed by atoms with Crippen molar-refractivity contribution < 1.29 is 37.0 Å². The van der Waals surface area contributed by atoms with Gasteiger partial charge in [-0.1, -0.05) is 36.5 Å². The number of hydrogen-bond acceptors (Lipinski definition) is 3. The van der Waals surface area contributed by atoms with Crippen molar-refractivity contribution in [2.24, 2.45) is 17.3 Å². The quantitative estimate of drug-likeness (QED) is 0.380. The second-order valence-electron chi connectivity index (χ2n) is 11.0. The van der Waals surface area contributed by atoms with E-state index in [0.717, 1.165) is 22.3 Å². The van der Waals surface area contributed by atoms with E-state index in [1.165, 1.54) is 6.92 Å². The zero-order valence-corrected chi connectivity index (χ0v) is 20.5. The minimum Gasteiger partial charge on any atom is -0.384 e. The molecule has 0 radical (unpaired) electrons. The van der Waals surface area contributed by atoms with E-state index < -0.39 is 41.4 Å².